The molecule has 3 nitrogen and oxygen atoms in total. The molecule has 0 fully saturated rings. The number of amides is 1. The van der Waals surface area contributed by atoms with Crippen molar-refractivity contribution in [2.24, 2.45) is 5.73 Å². The van der Waals surface area contributed by atoms with Crippen LogP contribution < -0.4 is 11.1 Å². The van der Waals surface area contributed by atoms with Crippen molar-refractivity contribution in [2.45, 2.75) is 49.8 Å². The molecule has 0 saturated heterocycles. The normalized spacial score (nSPS) is 12.5. The maximum atomic E-state index is 11.5. The molecule has 0 aliphatic rings. The van der Waals surface area contributed by atoms with Crippen LogP contribution in [-0.4, -0.2) is 16.7 Å². The Kier molecular flexibility index (Phi) is 7.49. The van der Waals surface area contributed by atoms with Crippen molar-refractivity contribution < 1.29 is 4.79 Å². The van der Waals surface area contributed by atoms with Gasteiger partial charge in [0.25, 0.3) is 0 Å². The van der Waals surface area contributed by atoms with Crippen molar-refractivity contribution in [2.75, 3.05) is 5.32 Å². The SMILES string of the molecule is CC(N)CC(=O)Nc1ccc(SC(C)(C)C)cc1.Cl. The van der Waals surface area contributed by atoms with Crippen LogP contribution >= 0.6 is 24.2 Å². The van der Waals surface area contributed by atoms with Crippen molar-refractivity contribution in [3.63, 3.8) is 0 Å². The second-order valence-corrected chi connectivity index (χ2v) is 7.37. The Morgan fingerprint density at radius 2 is 1.84 bits per heavy atom. The average molecular weight is 303 g/mol. The van der Waals surface area contributed by atoms with Crippen LogP contribution in [0.3, 0.4) is 0 Å². The molecule has 1 amide bonds. The van der Waals surface area contributed by atoms with Crippen molar-refractivity contribution in [3.8, 4) is 0 Å². The number of rotatable bonds is 4. The molecule has 0 aliphatic carbocycles. The van der Waals surface area contributed by atoms with Gasteiger partial charge in [-0.2, -0.15) is 0 Å². The largest absolute Gasteiger partial charge is 0.327 e. The van der Waals surface area contributed by atoms with Gasteiger partial charge in [-0.25, -0.2) is 0 Å². The Hall–Kier alpha value is -0.710. The fourth-order valence-corrected chi connectivity index (χ4v) is 2.44. The summed E-state index contributed by atoms with van der Waals surface area (Å²) < 4.78 is 0.194. The van der Waals surface area contributed by atoms with Gasteiger partial charge >= 0.3 is 0 Å². The second kappa shape index (κ2) is 7.78. The zero-order chi connectivity index (χ0) is 13.8. The van der Waals surface area contributed by atoms with E-state index < -0.39 is 0 Å². The van der Waals surface area contributed by atoms with Crippen molar-refractivity contribution in [3.05, 3.63) is 24.3 Å². The van der Waals surface area contributed by atoms with E-state index >= 15 is 0 Å². The second-order valence-electron chi connectivity index (χ2n) is 5.47. The number of hydrogen-bond acceptors (Lipinski definition) is 3. The number of nitrogens with two attached hydrogens (primary N) is 1. The summed E-state index contributed by atoms with van der Waals surface area (Å²) in [5.74, 6) is -0.0405. The lowest BCUT2D eigenvalue weighted by atomic mass is 10.2. The summed E-state index contributed by atoms with van der Waals surface area (Å²) in [6.07, 6.45) is 0.346. The Morgan fingerprint density at radius 1 is 1.32 bits per heavy atom. The summed E-state index contributed by atoms with van der Waals surface area (Å²) in [5, 5.41) is 2.84. The number of hydrogen-bond donors (Lipinski definition) is 2. The van der Waals surface area contributed by atoms with E-state index in [1.807, 2.05) is 31.2 Å². The fourth-order valence-electron chi connectivity index (χ4n) is 1.46. The van der Waals surface area contributed by atoms with Gasteiger partial charge in [-0.3, -0.25) is 4.79 Å². The molecule has 108 valence electrons. The lowest BCUT2D eigenvalue weighted by Crippen LogP contribution is -2.23. The van der Waals surface area contributed by atoms with Crippen LogP contribution in [0.1, 0.15) is 34.1 Å². The van der Waals surface area contributed by atoms with Crippen LogP contribution in [0, 0.1) is 0 Å². The highest BCUT2D eigenvalue weighted by Gasteiger charge is 2.12. The van der Waals surface area contributed by atoms with Crippen LogP contribution in [-0.2, 0) is 4.79 Å². The summed E-state index contributed by atoms with van der Waals surface area (Å²) in [6, 6.07) is 7.79. The number of thioether (sulfide) groups is 1. The first-order chi connectivity index (χ1) is 8.26. The van der Waals surface area contributed by atoms with Gasteiger partial charge in [0.2, 0.25) is 5.91 Å². The number of carbonyl (C=O) groups is 1. The van der Waals surface area contributed by atoms with E-state index in [0.29, 0.717) is 6.42 Å². The smallest absolute Gasteiger partial charge is 0.225 e. The Balaban J connectivity index is 0.00000324. The highest BCUT2D eigenvalue weighted by atomic mass is 35.5. The van der Waals surface area contributed by atoms with E-state index in [0.717, 1.165) is 5.69 Å². The number of benzene rings is 1. The third-order valence-corrected chi connectivity index (χ3v) is 3.19. The van der Waals surface area contributed by atoms with Gasteiger partial charge in [-0.1, -0.05) is 20.8 Å². The molecule has 1 aromatic carbocycles. The number of carbonyl (C=O) groups excluding carboxylic acids is 1. The van der Waals surface area contributed by atoms with E-state index in [9.17, 15) is 4.79 Å². The lowest BCUT2D eigenvalue weighted by molar-refractivity contribution is -0.116. The molecule has 0 bridgehead atoms. The van der Waals surface area contributed by atoms with Crippen molar-refractivity contribution in [1.82, 2.24) is 0 Å². The maximum Gasteiger partial charge on any atom is 0.225 e. The van der Waals surface area contributed by atoms with Crippen molar-refractivity contribution in [1.29, 1.82) is 0 Å². The molecule has 3 N–H and O–H groups in total. The number of anilines is 1. The Labute approximate surface area is 126 Å². The number of halogens is 1. The minimum atomic E-state index is -0.110. The Morgan fingerprint density at radius 3 is 2.26 bits per heavy atom. The average Bonchev–Trinajstić information content (AvgIpc) is 2.17. The first-order valence-corrected chi connectivity index (χ1v) is 6.92. The molecule has 19 heavy (non-hydrogen) atoms. The van der Waals surface area contributed by atoms with E-state index in [1.54, 1.807) is 11.8 Å². The van der Waals surface area contributed by atoms with Crippen molar-refractivity contribution >= 4 is 35.8 Å². The zero-order valence-corrected chi connectivity index (χ0v) is 13.5. The van der Waals surface area contributed by atoms with Gasteiger partial charge in [-0.05, 0) is 31.2 Å². The zero-order valence-electron chi connectivity index (χ0n) is 11.9. The number of nitrogens with one attached hydrogen (secondary N) is 1. The van der Waals surface area contributed by atoms with E-state index in [2.05, 4.69) is 26.1 Å². The molecule has 0 aromatic heterocycles. The molecule has 0 aliphatic heterocycles. The molecule has 1 rings (SSSR count). The van der Waals surface area contributed by atoms with Gasteiger partial charge in [-0.15, -0.1) is 24.2 Å². The quantitative estimate of drug-likeness (QED) is 0.834. The van der Waals surface area contributed by atoms with Crippen LogP contribution in [0.15, 0.2) is 29.2 Å². The molecule has 1 unspecified atom stereocenters. The topological polar surface area (TPSA) is 55.1 Å². The predicted octanol–water partition coefficient (Wildman–Crippen LogP) is 3.67. The highest BCUT2D eigenvalue weighted by Crippen LogP contribution is 2.32. The lowest BCUT2D eigenvalue weighted by Gasteiger charge is -2.17. The van der Waals surface area contributed by atoms with Crippen LogP contribution in [0.5, 0.6) is 0 Å². The van der Waals surface area contributed by atoms with Crippen LogP contribution in [0.25, 0.3) is 0 Å². The summed E-state index contributed by atoms with van der Waals surface area (Å²) in [7, 11) is 0. The summed E-state index contributed by atoms with van der Waals surface area (Å²) in [4.78, 5) is 12.7. The minimum absolute atomic E-state index is 0. The summed E-state index contributed by atoms with van der Waals surface area (Å²) in [6.45, 7) is 8.35. The maximum absolute atomic E-state index is 11.5. The van der Waals surface area contributed by atoms with Gasteiger partial charge in [0, 0.05) is 27.8 Å². The highest BCUT2D eigenvalue weighted by molar-refractivity contribution is 8.00. The van der Waals surface area contributed by atoms with E-state index in [-0.39, 0.29) is 29.1 Å². The van der Waals surface area contributed by atoms with Gasteiger partial charge in [0.15, 0.2) is 0 Å². The first kappa shape index (κ1) is 18.3. The molecule has 1 atom stereocenters. The molecular formula is C14H23ClN2OS. The molecule has 5 heteroatoms. The minimum Gasteiger partial charge on any atom is -0.327 e. The fraction of sp³-hybridized carbons (Fsp3) is 0.500. The molecule has 0 spiro atoms. The molecule has 1 aromatic rings. The standard InChI is InChI=1S/C14H22N2OS.ClH/c1-10(15)9-13(17)16-11-5-7-12(8-6-11)18-14(2,3)4;/h5-8,10H,9,15H2,1-4H3,(H,16,17);1H. The molecular weight excluding hydrogens is 280 g/mol. The van der Waals surface area contributed by atoms with Gasteiger partial charge < -0.3 is 11.1 Å². The Bertz CT molecular complexity index is 399. The van der Waals surface area contributed by atoms with E-state index in [4.69, 9.17) is 5.73 Å². The summed E-state index contributed by atoms with van der Waals surface area (Å²) >= 11 is 1.81. The first-order valence-electron chi connectivity index (χ1n) is 6.11. The molecule has 0 radical (unpaired) electrons. The van der Waals surface area contributed by atoms with Crippen LogP contribution in [0.2, 0.25) is 0 Å². The molecule has 0 saturated carbocycles. The third kappa shape index (κ3) is 8.14. The van der Waals surface area contributed by atoms with Gasteiger partial charge in [0.05, 0.1) is 0 Å². The monoisotopic (exact) mass is 302 g/mol. The third-order valence-electron chi connectivity index (χ3n) is 2.07. The van der Waals surface area contributed by atoms with Gasteiger partial charge in [0.1, 0.15) is 0 Å². The molecule has 0 heterocycles. The predicted molar refractivity (Wildman–Crippen MR) is 86.2 cm³/mol. The van der Waals surface area contributed by atoms with Crippen LogP contribution in [0.4, 0.5) is 5.69 Å². The summed E-state index contributed by atoms with van der Waals surface area (Å²) in [5.41, 5.74) is 6.39. The van der Waals surface area contributed by atoms with E-state index in [1.165, 1.54) is 4.90 Å².